The number of Topliss-reactive ketones (excluding diaryl/α,β-unsaturated/α-hetero) is 5. The van der Waals surface area contributed by atoms with E-state index in [9.17, 15) is 76.7 Å². The molecule has 204 valence electrons. The van der Waals surface area contributed by atoms with Crippen molar-refractivity contribution in [3.63, 3.8) is 0 Å². The number of ketones is 5. The molecule has 5 nitrogen and oxygen atoms in total. The Bertz CT molecular complexity index is 1180. The molecule has 0 bridgehead atoms. The van der Waals surface area contributed by atoms with Gasteiger partial charge in [-0.25, -0.2) is 0 Å². The number of rotatable bonds is 6. The highest BCUT2D eigenvalue weighted by Crippen LogP contribution is 2.41. The number of hydrogen-bond acceptors (Lipinski definition) is 5. The molecule has 0 spiro atoms. The Morgan fingerprint density at radius 1 is 0.395 bits per heavy atom. The molecule has 0 heterocycles. The number of carbonyl (C=O) groups excluding carboxylic acids is 5. The Hall–Kier alpha value is -4.05. The van der Waals surface area contributed by atoms with Gasteiger partial charge in [-0.1, -0.05) is 12.1 Å². The smallest absolute Gasteiger partial charge is 0.285 e. The molecule has 0 saturated carbocycles. The van der Waals surface area contributed by atoms with Gasteiger partial charge in [0.15, 0.2) is 0 Å². The predicted molar refractivity (Wildman–Crippen MR) is 96.6 cm³/mol. The molecule has 0 radical (unpaired) electrons. The van der Waals surface area contributed by atoms with E-state index >= 15 is 0 Å². The van der Waals surface area contributed by atoms with Crippen LogP contribution in [0.5, 0.6) is 0 Å². The van der Waals surface area contributed by atoms with Gasteiger partial charge in [-0.05, 0) is 24.3 Å². The third kappa shape index (κ3) is 5.91. The van der Waals surface area contributed by atoms with Gasteiger partial charge in [0.2, 0.25) is 11.6 Å². The second kappa shape index (κ2) is 9.68. The fourth-order valence-electron chi connectivity index (χ4n) is 3.08. The molecule has 38 heavy (non-hydrogen) atoms. The van der Waals surface area contributed by atoms with E-state index in [4.69, 9.17) is 0 Å². The van der Waals surface area contributed by atoms with Gasteiger partial charge in [0.1, 0.15) is 0 Å². The van der Waals surface area contributed by atoms with Crippen LogP contribution in [0, 0.1) is 0 Å². The van der Waals surface area contributed by atoms with Crippen molar-refractivity contribution in [3.05, 3.63) is 69.8 Å². The van der Waals surface area contributed by atoms with Crippen molar-refractivity contribution < 1.29 is 76.7 Å². The molecule has 0 aliphatic heterocycles. The molecule has 0 atom stereocenters. The van der Waals surface area contributed by atoms with Gasteiger partial charge in [-0.15, -0.1) is 0 Å². The number of benzene rings is 2. The molecule has 0 saturated heterocycles. The summed E-state index contributed by atoms with van der Waals surface area (Å²) in [5, 5.41) is 0. The van der Waals surface area contributed by atoms with Gasteiger partial charge in [-0.2, -0.15) is 52.7 Å². The van der Waals surface area contributed by atoms with Gasteiger partial charge >= 0.3 is 24.7 Å². The zero-order valence-electron chi connectivity index (χ0n) is 17.5. The lowest BCUT2D eigenvalue weighted by atomic mass is 9.89. The lowest BCUT2D eigenvalue weighted by molar-refractivity contribution is -0.145. The Kier molecular flexibility index (Phi) is 7.69. The van der Waals surface area contributed by atoms with Crippen molar-refractivity contribution in [2.24, 2.45) is 0 Å². The quantitative estimate of drug-likeness (QED) is 0.199. The molecule has 17 heteroatoms. The summed E-state index contributed by atoms with van der Waals surface area (Å²) < 4.78 is 159. The second-order valence-corrected chi connectivity index (χ2v) is 7.09. The summed E-state index contributed by atoms with van der Waals surface area (Å²) in [6.45, 7) is 0. The van der Waals surface area contributed by atoms with Crippen molar-refractivity contribution in [1.29, 1.82) is 0 Å². The van der Waals surface area contributed by atoms with Crippen LogP contribution in [0.4, 0.5) is 52.7 Å². The third-order valence-electron chi connectivity index (χ3n) is 4.63. The van der Waals surface area contributed by atoms with E-state index in [0.29, 0.717) is 0 Å². The number of halogens is 12. The Morgan fingerprint density at radius 3 is 0.789 bits per heavy atom. The average Bonchev–Trinajstić information content (AvgIpc) is 2.78. The van der Waals surface area contributed by atoms with Gasteiger partial charge in [0, 0.05) is 0 Å². The van der Waals surface area contributed by atoms with E-state index in [1.807, 2.05) is 0 Å². The Labute approximate surface area is 201 Å². The molecule has 2 aromatic rings. The van der Waals surface area contributed by atoms with Gasteiger partial charge in [0.05, 0.1) is 33.4 Å². The first kappa shape index (κ1) is 30.2. The Morgan fingerprint density at radius 2 is 0.605 bits per heavy atom. The minimum Gasteiger partial charge on any atom is -0.285 e. The maximum Gasteiger partial charge on any atom is 0.417 e. The van der Waals surface area contributed by atoms with Crippen LogP contribution in [0.2, 0.25) is 0 Å². The SMILES string of the molecule is O=C(C(=O)C(=O)c1c(C(F)(F)F)cccc1C(F)(F)F)C(=O)C(=O)c1c(C(F)(F)F)cccc1C(F)(F)F. The van der Waals surface area contributed by atoms with E-state index in [1.54, 1.807) is 0 Å². The largest absolute Gasteiger partial charge is 0.417 e. The summed E-state index contributed by atoms with van der Waals surface area (Å²) >= 11 is 0. The first-order chi connectivity index (χ1) is 17.0. The van der Waals surface area contributed by atoms with Crippen LogP contribution in [-0.4, -0.2) is 28.9 Å². The molecule has 0 N–H and O–H groups in total. The highest BCUT2D eigenvalue weighted by atomic mass is 19.4. The highest BCUT2D eigenvalue weighted by molar-refractivity contribution is 6.88. The summed E-state index contributed by atoms with van der Waals surface area (Å²) in [6, 6.07) is -0.165. The van der Waals surface area contributed by atoms with Crippen molar-refractivity contribution in [2.45, 2.75) is 24.7 Å². The molecule has 2 rings (SSSR count). The molecule has 2 aromatic carbocycles. The number of hydrogen-bond donors (Lipinski definition) is 0. The van der Waals surface area contributed by atoms with E-state index in [2.05, 4.69) is 0 Å². The predicted octanol–water partition coefficient (Wildman–Crippen LogP) is 5.53. The minimum atomic E-state index is -5.76. The van der Waals surface area contributed by atoms with Crippen LogP contribution >= 0.6 is 0 Å². The van der Waals surface area contributed by atoms with Gasteiger partial charge in [0.25, 0.3) is 17.3 Å². The lowest BCUT2D eigenvalue weighted by Gasteiger charge is -2.17. The minimum absolute atomic E-state index is 0.123. The van der Waals surface area contributed by atoms with Crippen LogP contribution < -0.4 is 0 Å². The van der Waals surface area contributed by atoms with Crippen molar-refractivity contribution in [1.82, 2.24) is 0 Å². The molecule has 0 fully saturated rings. The molecule has 0 aromatic heterocycles. The van der Waals surface area contributed by atoms with Crippen LogP contribution in [0.25, 0.3) is 0 Å². The summed E-state index contributed by atoms with van der Waals surface area (Å²) in [5.41, 5.74) is -14.6. The van der Waals surface area contributed by atoms with Crippen molar-refractivity contribution >= 4 is 28.9 Å². The van der Waals surface area contributed by atoms with Crippen LogP contribution in [0.3, 0.4) is 0 Å². The first-order valence-electron chi connectivity index (χ1n) is 9.28. The van der Waals surface area contributed by atoms with Crippen molar-refractivity contribution in [3.8, 4) is 0 Å². The van der Waals surface area contributed by atoms with E-state index in [-0.39, 0.29) is 36.4 Å². The van der Waals surface area contributed by atoms with Crippen LogP contribution in [0.15, 0.2) is 36.4 Å². The molecule has 0 unspecified atom stereocenters. The summed E-state index contributed by atoms with van der Waals surface area (Å²) in [7, 11) is 0. The van der Waals surface area contributed by atoms with Gasteiger partial charge in [-0.3, -0.25) is 24.0 Å². The molecular formula is C21H6F12O5. The van der Waals surface area contributed by atoms with Crippen LogP contribution in [0.1, 0.15) is 43.0 Å². The normalized spacial score (nSPS) is 12.7. The fourth-order valence-corrected chi connectivity index (χ4v) is 3.08. The maximum atomic E-state index is 13.2. The first-order valence-corrected chi connectivity index (χ1v) is 9.28. The number of carbonyl (C=O) groups is 5. The lowest BCUT2D eigenvalue weighted by Crippen LogP contribution is -2.37. The van der Waals surface area contributed by atoms with E-state index in [1.165, 1.54) is 0 Å². The Balaban J connectivity index is 2.65. The highest BCUT2D eigenvalue weighted by Gasteiger charge is 2.48. The maximum absolute atomic E-state index is 13.2. The summed E-state index contributed by atoms with van der Waals surface area (Å²) in [6.07, 6.45) is -23.0. The fraction of sp³-hybridized carbons (Fsp3) is 0.190. The number of alkyl halides is 12. The monoisotopic (exact) mass is 566 g/mol. The average molecular weight is 566 g/mol. The topological polar surface area (TPSA) is 85.3 Å². The van der Waals surface area contributed by atoms with Crippen LogP contribution in [-0.2, 0) is 39.1 Å². The standard InChI is InChI=1S/C21H6F12O5/c22-18(23,24)7-3-1-4-8(19(25,26)27)11(7)13(34)15(36)17(38)16(37)14(35)12-9(20(28,29)30)5-2-6-10(12)21(31,32)33/h1-6H. The molecule has 0 aliphatic rings. The summed E-state index contributed by atoms with van der Waals surface area (Å²) in [4.78, 5) is 60.7. The van der Waals surface area contributed by atoms with Crippen molar-refractivity contribution in [2.75, 3.05) is 0 Å². The van der Waals surface area contributed by atoms with Gasteiger partial charge < -0.3 is 0 Å². The molecule has 0 aliphatic carbocycles. The van der Waals surface area contributed by atoms with E-state index < -0.39 is 87.0 Å². The third-order valence-corrected chi connectivity index (χ3v) is 4.63. The molecular weight excluding hydrogens is 560 g/mol. The molecule has 0 amide bonds. The zero-order chi connectivity index (χ0) is 29.6. The summed E-state index contributed by atoms with van der Waals surface area (Å²) in [5.74, 6) is -15.1. The van der Waals surface area contributed by atoms with E-state index in [0.717, 1.165) is 0 Å². The second-order valence-electron chi connectivity index (χ2n) is 7.09. The zero-order valence-corrected chi connectivity index (χ0v) is 17.5.